The molecule has 0 radical (unpaired) electrons. The fourth-order valence-electron chi connectivity index (χ4n) is 3.03. The lowest BCUT2D eigenvalue weighted by Crippen LogP contribution is -2.19. The van der Waals surface area contributed by atoms with E-state index in [1.54, 1.807) is 42.7 Å². The maximum Gasteiger partial charge on any atom is 0.408 e. The molecule has 138 valence electrons. The molecule has 0 spiro atoms. The smallest absolute Gasteiger partial charge is 0.408 e. The molecule has 1 aliphatic rings. The lowest BCUT2D eigenvalue weighted by atomic mass is 9.97. The highest BCUT2D eigenvalue weighted by atomic mass is 19.1. The van der Waals surface area contributed by atoms with Crippen LogP contribution in [0.3, 0.4) is 0 Å². The van der Waals surface area contributed by atoms with Crippen molar-refractivity contribution >= 4 is 6.09 Å². The Morgan fingerprint density at radius 3 is 2.43 bits per heavy atom. The van der Waals surface area contributed by atoms with Crippen molar-refractivity contribution in [1.82, 2.24) is 10.3 Å². The summed E-state index contributed by atoms with van der Waals surface area (Å²) in [5, 5.41) is 2.73. The Morgan fingerprint density at radius 2 is 1.64 bits per heavy atom. The number of halogens is 2. The van der Waals surface area contributed by atoms with Gasteiger partial charge in [-0.15, -0.1) is 0 Å². The number of rotatable bonds is 2. The molecule has 4 rings (SSSR count). The first-order chi connectivity index (χ1) is 13.6. The molecule has 0 aliphatic carbocycles. The van der Waals surface area contributed by atoms with Crippen molar-refractivity contribution in [2.24, 2.45) is 0 Å². The van der Waals surface area contributed by atoms with Crippen LogP contribution in [0.5, 0.6) is 0 Å². The number of carbonyl (C=O) groups excluding carboxylic acids is 1. The summed E-state index contributed by atoms with van der Waals surface area (Å²) in [7, 11) is 0. The van der Waals surface area contributed by atoms with Gasteiger partial charge < -0.3 is 10.1 Å². The maximum atomic E-state index is 13.6. The van der Waals surface area contributed by atoms with Gasteiger partial charge in [-0.1, -0.05) is 30.0 Å². The van der Waals surface area contributed by atoms with Gasteiger partial charge in [-0.25, -0.2) is 13.6 Å². The molecule has 1 unspecified atom stereocenters. The SMILES string of the molecule is O=C1N[C@H](c2cncc(C#Cc3cccc(F)c3)c2)C(c2cccc(F)c2)O1. The van der Waals surface area contributed by atoms with Gasteiger partial charge in [-0.2, -0.15) is 0 Å². The van der Waals surface area contributed by atoms with E-state index < -0.39 is 24.1 Å². The van der Waals surface area contributed by atoms with Crippen molar-refractivity contribution < 1.29 is 18.3 Å². The van der Waals surface area contributed by atoms with Crippen LogP contribution in [0.15, 0.2) is 67.0 Å². The minimum Gasteiger partial charge on any atom is -0.439 e. The van der Waals surface area contributed by atoms with E-state index in [4.69, 9.17) is 4.74 Å². The van der Waals surface area contributed by atoms with Crippen molar-refractivity contribution in [2.45, 2.75) is 12.1 Å². The van der Waals surface area contributed by atoms with Crippen LogP contribution >= 0.6 is 0 Å². The lowest BCUT2D eigenvalue weighted by molar-refractivity contribution is 0.132. The first-order valence-corrected chi connectivity index (χ1v) is 8.54. The van der Waals surface area contributed by atoms with Crippen LogP contribution in [0.25, 0.3) is 0 Å². The van der Waals surface area contributed by atoms with Crippen molar-refractivity contribution in [3.05, 3.63) is 101 Å². The first kappa shape index (κ1) is 17.7. The summed E-state index contributed by atoms with van der Waals surface area (Å²) in [5.74, 6) is 5.05. The number of alkyl carbamates (subject to hydrolysis) is 1. The second-order valence-corrected chi connectivity index (χ2v) is 6.27. The Morgan fingerprint density at radius 1 is 0.893 bits per heavy atom. The average Bonchev–Trinajstić information content (AvgIpc) is 3.09. The van der Waals surface area contributed by atoms with Gasteiger partial charge in [0.25, 0.3) is 0 Å². The largest absolute Gasteiger partial charge is 0.439 e. The summed E-state index contributed by atoms with van der Waals surface area (Å²) < 4.78 is 32.2. The Labute approximate surface area is 160 Å². The van der Waals surface area contributed by atoms with Crippen LogP contribution in [0.1, 0.15) is 34.4 Å². The monoisotopic (exact) mass is 376 g/mol. The van der Waals surface area contributed by atoms with E-state index in [1.807, 2.05) is 0 Å². The minimum atomic E-state index is -0.684. The number of hydrogen-bond donors (Lipinski definition) is 1. The number of ether oxygens (including phenoxy) is 1. The number of carbonyl (C=O) groups is 1. The number of hydrogen-bond acceptors (Lipinski definition) is 3. The molecule has 1 amide bonds. The van der Waals surface area contributed by atoms with Crippen molar-refractivity contribution in [3.8, 4) is 11.8 Å². The second-order valence-electron chi connectivity index (χ2n) is 6.27. The molecule has 28 heavy (non-hydrogen) atoms. The summed E-state index contributed by atoms with van der Waals surface area (Å²) in [6, 6.07) is 13.1. The summed E-state index contributed by atoms with van der Waals surface area (Å²) in [6.45, 7) is 0. The normalized spacial score (nSPS) is 18.0. The Kier molecular flexibility index (Phi) is 4.73. The molecule has 1 aliphatic heterocycles. The van der Waals surface area contributed by atoms with Crippen LogP contribution in [-0.4, -0.2) is 11.1 Å². The summed E-state index contributed by atoms with van der Waals surface area (Å²) in [4.78, 5) is 16.0. The van der Waals surface area contributed by atoms with Gasteiger partial charge in [0, 0.05) is 23.5 Å². The summed E-state index contributed by atoms with van der Waals surface area (Å²) in [6.07, 6.45) is 1.90. The Balaban J connectivity index is 1.64. The molecule has 2 atom stereocenters. The minimum absolute atomic E-state index is 0.359. The highest BCUT2D eigenvalue weighted by molar-refractivity contribution is 5.71. The van der Waals surface area contributed by atoms with E-state index in [-0.39, 0.29) is 5.82 Å². The van der Waals surface area contributed by atoms with Crippen LogP contribution in [0.4, 0.5) is 13.6 Å². The van der Waals surface area contributed by atoms with Gasteiger partial charge in [-0.3, -0.25) is 4.98 Å². The molecule has 0 bridgehead atoms. The van der Waals surface area contributed by atoms with Crippen molar-refractivity contribution in [3.63, 3.8) is 0 Å². The zero-order chi connectivity index (χ0) is 19.5. The van der Waals surface area contributed by atoms with E-state index >= 15 is 0 Å². The topological polar surface area (TPSA) is 51.2 Å². The molecular formula is C22H14F2N2O2. The number of aromatic nitrogens is 1. The Bertz CT molecular complexity index is 1100. The number of benzene rings is 2. The number of nitrogens with zero attached hydrogens (tertiary/aromatic N) is 1. The van der Waals surface area contributed by atoms with Crippen LogP contribution < -0.4 is 5.32 Å². The molecule has 6 heteroatoms. The maximum absolute atomic E-state index is 13.6. The van der Waals surface area contributed by atoms with Crippen molar-refractivity contribution in [1.29, 1.82) is 0 Å². The molecule has 2 heterocycles. The molecule has 1 N–H and O–H groups in total. The molecular weight excluding hydrogens is 362 g/mol. The quantitative estimate of drug-likeness (QED) is 0.679. The number of pyridine rings is 1. The molecule has 4 nitrogen and oxygen atoms in total. The third-order valence-electron chi connectivity index (χ3n) is 4.28. The molecule has 1 aromatic heterocycles. The predicted molar refractivity (Wildman–Crippen MR) is 98.1 cm³/mol. The number of nitrogens with one attached hydrogen (secondary N) is 1. The zero-order valence-corrected chi connectivity index (χ0v) is 14.5. The third-order valence-corrected chi connectivity index (χ3v) is 4.28. The van der Waals surface area contributed by atoms with Gasteiger partial charge in [0.1, 0.15) is 17.7 Å². The average molecular weight is 376 g/mol. The van der Waals surface area contributed by atoms with Gasteiger partial charge in [0.05, 0.1) is 0 Å². The first-order valence-electron chi connectivity index (χ1n) is 8.54. The van der Waals surface area contributed by atoms with Crippen molar-refractivity contribution in [2.75, 3.05) is 0 Å². The summed E-state index contributed by atoms with van der Waals surface area (Å²) in [5.41, 5.74) is 2.35. The van der Waals surface area contributed by atoms with Crippen LogP contribution in [-0.2, 0) is 4.74 Å². The molecule has 1 saturated heterocycles. The zero-order valence-electron chi connectivity index (χ0n) is 14.5. The molecule has 3 aromatic rings. The lowest BCUT2D eigenvalue weighted by Gasteiger charge is -2.17. The van der Waals surface area contributed by atoms with E-state index in [1.165, 1.54) is 24.3 Å². The fraction of sp³-hybridized carbons (Fsp3) is 0.0909. The van der Waals surface area contributed by atoms with Crippen LogP contribution in [0, 0.1) is 23.5 Å². The van der Waals surface area contributed by atoms with E-state index in [2.05, 4.69) is 22.1 Å². The van der Waals surface area contributed by atoms with E-state index in [9.17, 15) is 13.6 Å². The molecule has 1 fully saturated rings. The van der Waals surface area contributed by atoms with Gasteiger partial charge in [0.2, 0.25) is 0 Å². The highest BCUT2D eigenvalue weighted by Crippen LogP contribution is 2.36. The molecule has 2 aromatic carbocycles. The number of amides is 1. The summed E-state index contributed by atoms with van der Waals surface area (Å²) >= 11 is 0. The predicted octanol–water partition coefficient (Wildman–Crippen LogP) is 4.28. The van der Waals surface area contributed by atoms with E-state index in [0.717, 1.165) is 0 Å². The number of cyclic esters (lactones) is 1. The standard InChI is InChI=1S/C22H14F2N2O2/c23-18-5-1-3-14(10-18)7-8-15-9-17(13-25-12-15)20-21(28-22(27)26-20)16-4-2-6-19(24)11-16/h1-6,9-13,20-21H,(H,26,27)/t20-,21?/m1/s1. The van der Waals surface area contributed by atoms with Gasteiger partial charge in [0.15, 0.2) is 6.10 Å². The Hall–Kier alpha value is -3.72. The fourth-order valence-corrected chi connectivity index (χ4v) is 3.03. The van der Waals surface area contributed by atoms with Gasteiger partial charge >= 0.3 is 6.09 Å². The molecule has 0 saturated carbocycles. The van der Waals surface area contributed by atoms with Gasteiger partial charge in [-0.05, 0) is 47.5 Å². The highest BCUT2D eigenvalue weighted by Gasteiger charge is 2.36. The second kappa shape index (κ2) is 7.49. The van der Waals surface area contributed by atoms with E-state index in [0.29, 0.717) is 22.3 Å². The third kappa shape index (κ3) is 3.84. The van der Waals surface area contributed by atoms with Crippen LogP contribution in [0.2, 0.25) is 0 Å².